The number of benzene rings is 3. The summed E-state index contributed by atoms with van der Waals surface area (Å²) in [7, 11) is 10.2. The van der Waals surface area contributed by atoms with Crippen molar-refractivity contribution in [3.8, 4) is 34.5 Å². The summed E-state index contributed by atoms with van der Waals surface area (Å²) < 4.78 is 39.8. The van der Waals surface area contributed by atoms with Gasteiger partial charge in [-0.25, -0.2) is 0 Å². The van der Waals surface area contributed by atoms with E-state index in [1.807, 2.05) is 36.6 Å². The van der Waals surface area contributed by atoms with Gasteiger partial charge in [-0.2, -0.15) is 0 Å². The molecule has 0 saturated heterocycles. The fourth-order valence-electron chi connectivity index (χ4n) is 19.8. The smallest absolute Gasteiger partial charge is 0.220 e. The highest BCUT2D eigenvalue weighted by molar-refractivity contribution is 8.22. The van der Waals surface area contributed by atoms with Crippen LogP contribution in [0.3, 0.4) is 0 Å². The number of methoxy groups -OCH3 is 6. The van der Waals surface area contributed by atoms with Crippen LogP contribution in [0.15, 0.2) is 54.6 Å². The number of aryl methyl sites for hydroxylation is 1. The Morgan fingerprint density at radius 2 is 0.810 bits per heavy atom. The predicted molar refractivity (Wildman–Crippen MR) is 354 cm³/mol. The van der Waals surface area contributed by atoms with Crippen LogP contribution in [0.25, 0.3) is 0 Å². The van der Waals surface area contributed by atoms with Crippen LogP contribution in [0.5, 0.6) is 34.5 Å². The van der Waals surface area contributed by atoms with Crippen molar-refractivity contribution in [1.29, 1.82) is 0 Å². The molecule has 472 valence electrons. The van der Waals surface area contributed by atoms with E-state index in [0.29, 0.717) is 60.5 Å². The van der Waals surface area contributed by atoms with Crippen molar-refractivity contribution in [2.75, 3.05) is 48.9 Å². The maximum Gasteiger partial charge on any atom is 0.220 e. The molecule has 6 aliphatic rings. The Labute approximate surface area is 521 Å². The van der Waals surface area contributed by atoms with Gasteiger partial charge in [-0.15, -0.1) is 0 Å². The summed E-state index contributed by atoms with van der Waals surface area (Å²) in [5.41, 5.74) is 5.82. The Morgan fingerprint density at radius 1 is 0.476 bits per heavy atom. The molecule has 0 amide bonds. The van der Waals surface area contributed by atoms with Gasteiger partial charge >= 0.3 is 0 Å². The minimum atomic E-state index is -0.484. The second-order valence-electron chi connectivity index (χ2n) is 30.3. The van der Waals surface area contributed by atoms with Gasteiger partial charge in [0.2, 0.25) is 4.38 Å². The van der Waals surface area contributed by atoms with Gasteiger partial charge in [-0.1, -0.05) is 133 Å². The third kappa shape index (κ3) is 15.2. The van der Waals surface area contributed by atoms with Crippen LogP contribution in [-0.2, 0) is 11.2 Å². The second kappa shape index (κ2) is 28.4. The molecule has 0 heterocycles. The monoisotopic (exact) mass is 1200 g/mol. The van der Waals surface area contributed by atoms with E-state index in [0.717, 1.165) is 94.5 Å². The van der Waals surface area contributed by atoms with Gasteiger partial charge < -0.3 is 38.3 Å². The topological polar surface area (TPSA) is 84.8 Å². The number of rotatable bonds is 16. The number of aliphatic hydroxyl groups excluding tert-OH is 1. The quantitative estimate of drug-likeness (QED) is 0.140. The lowest BCUT2D eigenvalue weighted by molar-refractivity contribution is -0.106. The normalized spacial score (nSPS) is 32.5. The number of thioether (sulfide) groups is 1. The Balaban J connectivity index is 0.000000182. The molecular formula is C74H116O8S2. The van der Waals surface area contributed by atoms with Gasteiger partial charge in [0.1, 0.15) is 40.6 Å². The Kier molecular flexibility index (Phi) is 23.1. The highest BCUT2D eigenvalue weighted by Gasteiger charge is 2.56. The highest BCUT2D eigenvalue weighted by Crippen LogP contribution is 2.65. The van der Waals surface area contributed by atoms with Crippen LogP contribution in [0.2, 0.25) is 0 Å². The lowest BCUT2D eigenvalue weighted by atomic mass is 9.46. The van der Waals surface area contributed by atoms with Crippen LogP contribution in [-0.4, -0.2) is 58.4 Å². The van der Waals surface area contributed by atoms with E-state index in [4.69, 9.17) is 45.4 Å². The molecule has 9 rings (SSSR count). The maximum atomic E-state index is 11.2. The average molecular weight is 1200 g/mol. The molecule has 6 saturated carbocycles. The molecule has 2 unspecified atom stereocenters. The third-order valence-corrected chi connectivity index (χ3v) is 25.2. The van der Waals surface area contributed by atoms with E-state index >= 15 is 0 Å². The van der Waals surface area contributed by atoms with E-state index < -0.39 is 6.10 Å². The van der Waals surface area contributed by atoms with Crippen molar-refractivity contribution in [2.45, 2.75) is 217 Å². The average Bonchev–Trinajstić information content (AvgIpc) is 1.46. The van der Waals surface area contributed by atoms with E-state index in [1.165, 1.54) is 120 Å². The first-order valence-electron chi connectivity index (χ1n) is 32.8. The van der Waals surface area contributed by atoms with E-state index in [1.54, 1.807) is 42.7 Å². The first-order chi connectivity index (χ1) is 39.6. The number of ether oxygens (including phenoxy) is 7. The number of hydrogen-bond acceptors (Lipinski definition) is 10. The molecule has 0 radical (unpaired) electrons. The zero-order chi connectivity index (χ0) is 61.6. The molecule has 3 aromatic rings. The van der Waals surface area contributed by atoms with Crippen molar-refractivity contribution >= 4 is 28.4 Å². The first kappa shape index (κ1) is 68.2. The molecule has 0 bridgehead atoms. The van der Waals surface area contributed by atoms with Gasteiger partial charge in [-0.05, 0) is 241 Å². The molecule has 8 nitrogen and oxygen atoms in total. The van der Waals surface area contributed by atoms with Crippen molar-refractivity contribution in [1.82, 2.24) is 0 Å². The summed E-state index contributed by atoms with van der Waals surface area (Å²) >= 11 is 7.01. The number of fused-ring (bicyclic) bond motifs is 3. The number of hydrogen-bond donors (Lipinski definition) is 1. The summed E-state index contributed by atoms with van der Waals surface area (Å²) in [5.74, 6) is 11.4. The summed E-state index contributed by atoms with van der Waals surface area (Å²) in [6.45, 7) is 30.0. The lowest BCUT2D eigenvalue weighted by Crippen LogP contribution is -2.51. The predicted octanol–water partition coefficient (Wildman–Crippen LogP) is 20.2. The van der Waals surface area contributed by atoms with Crippen molar-refractivity contribution in [3.05, 3.63) is 71.3 Å². The Hall–Kier alpha value is -3.34. The van der Waals surface area contributed by atoms with E-state index in [-0.39, 0.29) is 6.10 Å². The van der Waals surface area contributed by atoms with Crippen LogP contribution < -0.4 is 28.4 Å². The van der Waals surface area contributed by atoms with Gasteiger partial charge in [-0.3, -0.25) is 0 Å². The SMILES string of the molecule is COc1cc(CC[C@H]2[C@@H](C)CC[C@H]3C(C)(C)CCC[C@]23C)cc(OC)c1.COc1cc(OC)cc(C(C[C@H]2[C@@H](C)CC[C@H]3C(C)(C)CCC[C@]23C)OC(=S)SC)c1.COc1cc(OC)cc(C(O)C[C@H]2[C@@H](C)CC[C@H]3C(C)(C)CCC[C@]23C)c1. The molecule has 14 atom stereocenters. The van der Waals surface area contributed by atoms with E-state index in [2.05, 4.69) is 107 Å². The van der Waals surface area contributed by atoms with Crippen molar-refractivity contribution in [2.24, 2.45) is 85.8 Å². The van der Waals surface area contributed by atoms with Gasteiger partial charge in [0.05, 0.1) is 48.8 Å². The first-order valence-corrected chi connectivity index (χ1v) is 34.4. The van der Waals surface area contributed by atoms with Crippen LogP contribution in [0.4, 0.5) is 0 Å². The summed E-state index contributed by atoms with van der Waals surface area (Å²) in [4.78, 5) is 0. The minimum Gasteiger partial charge on any atom is -0.497 e. The molecule has 3 aromatic carbocycles. The molecule has 10 heteroatoms. The number of thiocarbonyl (C=S) groups is 1. The van der Waals surface area contributed by atoms with Gasteiger partial charge in [0, 0.05) is 18.2 Å². The third-order valence-electron chi connectivity index (χ3n) is 24.2. The molecular weight excluding hydrogens is 1080 g/mol. The van der Waals surface area contributed by atoms with E-state index in [9.17, 15) is 5.11 Å². The molecule has 0 aliphatic heterocycles. The standard InChI is InChI=1S/C26H40O3S2.C24H38O3.C24H38O2/c1-17-9-10-23-25(2,3)11-8-12-26(23,4)21(17)16-22(29-24(30)31-7)18-13-19(27-5)15-20(14-18)28-6;1-16-8-9-22-23(2,3)10-7-11-24(22,4)20(16)15-21(25)17-12-18(26-5)14-19(13-17)27-6;1-17-8-11-22-23(2,3)12-7-13-24(22,4)21(17)10-9-18-14-19(25-5)16-20(15-18)26-6/h13-15,17,21-23H,8-12,16H2,1-7H3;12-14,16,20-22,25H,7-11,15H2,1-6H3;14-17,21-22H,7-13H2,1-6H3/t17-,21-,22?,23-,26+;16-,20-,21?,22-,24+;17-,21-,22-,24+/m000/s1. The molecule has 6 aliphatic carbocycles. The Morgan fingerprint density at radius 3 is 1.18 bits per heavy atom. The second-order valence-corrected chi connectivity index (χ2v) is 31.7. The summed E-state index contributed by atoms with van der Waals surface area (Å²) in [6, 6.07) is 18.2. The highest BCUT2D eigenvalue weighted by atomic mass is 32.2. The largest absolute Gasteiger partial charge is 0.497 e. The lowest BCUT2D eigenvalue weighted by Gasteiger charge is -2.59. The van der Waals surface area contributed by atoms with Crippen molar-refractivity contribution < 1.29 is 38.3 Å². The van der Waals surface area contributed by atoms with Crippen LogP contribution >= 0.6 is 24.0 Å². The number of aliphatic hydroxyl groups is 1. The maximum absolute atomic E-state index is 11.2. The molecule has 84 heavy (non-hydrogen) atoms. The van der Waals surface area contributed by atoms with Crippen LogP contribution in [0.1, 0.15) is 228 Å². The van der Waals surface area contributed by atoms with Crippen LogP contribution in [0, 0.1) is 85.8 Å². The van der Waals surface area contributed by atoms with Gasteiger partial charge in [0.15, 0.2) is 0 Å². The fraction of sp³-hybridized carbons (Fsp3) is 0.743. The zero-order valence-corrected chi connectivity index (χ0v) is 57.7. The molecule has 1 N–H and O–H groups in total. The minimum absolute atomic E-state index is 0.1000. The molecule has 0 aromatic heterocycles. The molecule has 6 fully saturated rings. The zero-order valence-electron chi connectivity index (χ0n) is 56.1. The van der Waals surface area contributed by atoms with Crippen molar-refractivity contribution in [3.63, 3.8) is 0 Å². The summed E-state index contributed by atoms with van der Waals surface area (Å²) in [6.07, 6.45) is 25.8. The molecule has 0 spiro atoms. The summed E-state index contributed by atoms with van der Waals surface area (Å²) in [5, 5.41) is 11.2. The Bertz CT molecular complexity index is 2550. The fourth-order valence-corrected chi connectivity index (χ4v) is 20.2. The van der Waals surface area contributed by atoms with Gasteiger partial charge in [0.25, 0.3) is 0 Å².